The van der Waals surface area contributed by atoms with Gasteiger partial charge >= 0.3 is 0 Å². The van der Waals surface area contributed by atoms with Gasteiger partial charge < -0.3 is 9.80 Å². The average molecular weight is 356 g/mol. The molecule has 6 nitrogen and oxygen atoms in total. The minimum atomic E-state index is 0.0404. The first kappa shape index (κ1) is 15.9. The summed E-state index contributed by atoms with van der Waals surface area (Å²) in [4.78, 5) is 16.7. The summed E-state index contributed by atoms with van der Waals surface area (Å²) >= 11 is 5.89. The van der Waals surface area contributed by atoms with E-state index in [1.54, 1.807) is 24.3 Å². The van der Waals surface area contributed by atoms with Crippen LogP contribution in [0, 0.1) is 6.92 Å². The number of hydrogen-bond acceptors (Lipinski definition) is 4. The lowest BCUT2D eigenvalue weighted by molar-refractivity contribution is 0.0746. The molecule has 0 spiro atoms. The number of benzene rings is 1. The van der Waals surface area contributed by atoms with E-state index in [0.29, 0.717) is 23.7 Å². The van der Waals surface area contributed by atoms with Crippen molar-refractivity contribution >= 4 is 29.1 Å². The monoisotopic (exact) mass is 355 g/mol. The Morgan fingerprint density at radius 1 is 1.00 bits per heavy atom. The number of halogens is 1. The van der Waals surface area contributed by atoms with Crippen LogP contribution in [-0.2, 0) is 0 Å². The van der Waals surface area contributed by atoms with E-state index in [2.05, 4.69) is 19.5 Å². The fourth-order valence-electron chi connectivity index (χ4n) is 3.17. The first-order chi connectivity index (χ1) is 12.1. The molecule has 0 bridgehead atoms. The molecule has 1 aliphatic rings. The van der Waals surface area contributed by atoms with E-state index < -0.39 is 0 Å². The lowest BCUT2D eigenvalue weighted by atomic mass is 10.2. The van der Waals surface area contributed by atoms with Crippen molar-refractivity contribution in [1.82, 2.24) is 19.5 Å². The highest BCUT2D eigenvalue weighted by atomic mass is 35.5. The number of carbonyl (C=O) groups excluding carboxylic acids is 1. The first-order valence-corrected chi connectivity index (χ1v) is 8.62. The molecule has 1 aromatic carbocycles. The summed E-state index contributed by atoms with van der Waals surface area (Å²) < 4.78 is 2.05. The number of rotatable bonds is 2. The van der Waals surface area contributed by atoms with Crippen molar-refractivity contribution in [2.75, 3.05) is 31.1 Å². The van der Waals surface area contributed by atoms with Gasteiger partial charge in [0.25, 0.3) is 5.91 Å². The Hall–Kier alpha value is -2.60. The third-order valence-electron chi connectivity index (χ3n) is 4.55. The van der Waals surface area contributed by atoms with Crippen LogP contribution in [-0.4, -0.2) is 51.6 Å². The summed E-state index contributed by atoms with van der Waals surface area (Å²) in [5, 5.41) is 9.22. The molecule has 25 heavy (non-hydrogen) atoms. The van der Waals surface area contributed by atoms with Gasteiger partial charge in [-0.05, 0) is 43.3 Å². The molecule has 3 heterocycles. The molecule has 4 rings (SSSR count). The number of amides is 1. The maximum Gasteiger partial charge on any atom is 0.253 e. The van der Waals surface area contributed by atoms with Gasteiger partial charge in [-0.25, -0.2) is 0 Å². The van der Waals surface area contributed by atoms with Crippen LogP contribution in [0.3, 0.4) is 0 Å². The van der Waals surface area contributed by atoms with Gasteiger partial charge in [-0.1, -0.05) is 17.7 Å². The van der Waals surface area contributed by atoms with Crippen molar-refractivity contribution in [3.8, 4) is 0 Å². The second-order valence-corrected chi connectivity index (χ2v) is 6.58. The minimum Gasteiger partial charge on any atom is -0.337 e. The maximum atomic E-state index is 12.6. The fraction of sp³-hybridized carbons (Fsp3) is 0.278. The van der Waals surface area contributed by atoms with Crippen LogP contribution in [0.25, 0.3) is 5.65 Å². The van der Waals surface area contributed by atoms with Crippen LogP contribution in [0.15, 0.2) is 42.5 Å². The van der Waals surface area contributed by atoms with Crippen molar-refractivity contribution < 1.29 is 4.79 Å². The average Bonchev–Trinajstić information content (AvgIpc) is 3.07. The van der Waals surface area contributed by atoms with E-state index in [-0.39, 0.29) is 5.91 Å². The quantitative estimate of drug-likeness (QED) is 0.709. The van der Waals surface area contributed by atoms with Gasteiger partial charge in [0.1, 0.15) is 0 Å². The topological polar surface area (TPSA) is 53.7 Å². The third-order valence-corrected chi connectivity index (χ3v) is 4.80. The molecule has 1 saturated heterocycles. The van der Waals surface area contributed by atoms with Crippen molar-refractivity contribution in [2.24, 2.45) is 0 Å². The van der Waals surface area contributed by atoms with Crippen LogP contribution in [0.4, 0.5) is 5.95 Å². The van der Waals surface area contributed by atoms with Crippen LogP contribution in [0.5, 0.6) is 0 Å². The Labute approximate surface area is 150 Å². The molecule has 1 aliphatic heterocycles. The van der Waals surface area contributed by atoms with Gasteiger partial charge in [0.15, 0.2) is 5.65 Å². The van der Waals surface area contributed by atoms with E-state index in [4.69, 9.17) is 11.6 Å². The summed E-state index contributed by atoms with van der Waals surface area (Å²) in [6.45, 7) is 4.81. The third kappa shape index (κ3) is 2.93. The molecule has 128 valence electrons. The van der Waals surface area contributed by atoms with Crippen molar-refractivity contribution in [3.05, 3.63) is 58.7 Å². The summed E-state index contributed by atoms with van der Waals surface area (Å²) in [7, 11) is 0. The smallest absolute Gasteiger partial charge is 0.253 e. The maximum absolute atomic E-state index is 12.6. The SMILES string of the molecule is Cc1cccc2nnc(N3CCN(C(=O)c4ccc(Cl)cc4)CC3)n12. The number of fused-ring (bicyclic) bond motifs is 1. The molecular weight excluding hydrogens is 338 g/mol. The van der Waals surface area contributed by atoms with E-state index in [1.807, 2.05) is 30.0 Å². The number of hydrogen-bond donors (Lipinski definition) is 0. The van der Waals surface area contributed by atoms with E-state index in [1.165, 1.54) is 0 Å². The predicted octanol–water partition coefficient (Wildman–Crippen LogP) is 2.65. The summed E-state index contributed by atoms with van der Waals surface area (Å²) in [6, 6.07) is 13.0. The number of aryl methyl sites for hydroxylation is 1. The molecule has 0 atom stereocenters. The zero-order valence-electron chi connectivity index (χ0n) is 13.9. The fourth-order valence-corrected chi connectivity index (χ4v) is 3.30. The van der Waals surface area contributed by atoms with E-state index in [0.717, 1.165) is 30.4 Å². The Balaban J connectivity index is 1.49. The highest BCUT2D eigenvalue weighted by Crippen LogP contribution is 2.19. The van der Waals surface area contributed by atoms with Gasteiger partial charge in [0, 0.05) is 42.5 Å². The summed E-state index contributed by atoms with van der Waals surface area (Å²) in [5.74, 6) is 0.880. The zero-order valence-corrected chi connectivity index (χ0v) is 14.6. The van der Waals surface area contributed by atoms with Crippen molar-refractivity contribution in [3.63, 3.8) is 0 Å². The molecular formula is C18H18ClN5O. The number of nitrogens with zero attached hydrogens (tertiary/aromatic N) is 5. The Kier molecular flexibility index (Phi) is 4.05. The lowest BCUT2D eigenvalue weighted by Crippen LogP contribution is -2.49. The number of aromatic nitrogens is 3. The van der Waals surface area contributed by atoms with Gasteiger partial charge in [0.05, 0.1) is 0 Å². The molecule has 0 N–H and O–H groups in total. The molecule has 0 radical (unpaired) electrons. The highest BCUT2D eigenvalue weighted by Gasteiger charge is 2.25. The normalized spacial score (nSPS) is 15.0. The standard InChI is InChI=1S/C18H18ClN5O/c1-13-3-2-4-16-20-21-18(24(13)16)23-11-9-22(10-12-23)17(25)14-5-7-15(19)8-6-14/h2-8H,9-12H2,1H3. The number of anilines is 1. The largest absolute Gasteiger partial charge is 0.337 e. The van der Waals surface area contributed by atoms with E-state index >= 15 is 0 Å². The van der Waals surface area contributed by atoms with Gasteiger partial charge in [0.2, 0.25) is 5.95 Å². The lowest BCUT2D eigenvalue weighted by Gasteiger charge is -2.34. The number of piperazine rings is 1. The molecule has 0 unspecified atom stereocenters. The Bertz CT molecular complexity index is 913. The van der Waals surface area contributed by atoms with Gasteiger partial charge in [-0.2, -0.15) is 0 Å². The summed E-state index contributed by atoms with van der Waals surface area (Å²) in [6.07, 6.45) is 0. The van der Waals surface area contributed by atoms with Crippen LogP contribution in [0.2, 0.25) is 5.02 Å². The first-order valence-electron chi connectivity index (χ1n) is 8.24. The van der Waals surface area contributed by atoms with E-state index in [9.17, 15) is 4.79 Å². The highest BCUT2D eigenvalue weighted by molar-refractivity contribution is 6.30. The molecule has 0 saturated carbocycles. The van der Waals surface area contributed by atoms with Crippen LogP contribution >= 0.6 is 11.6 Å². The minimum absolute atomic E-state index is 0.0404. The van der Waals surface area contributed by atoms with Gasteiger partial charge in [-0.3, -0.25) is 9.20 Å². The zero-order chi connectivity index (χ0) is 17.4. The molecule has 3 aromatic rings. The molecule has 7 heteroatoms. The number of carbonyl (C=O) groups is 1. The van der Waals surface area contributed by atoms with Gasteiger partial charge in [-0.15, -0.1) is 10.2 Å². The molecule has 1 amide bonds. The summed E-state index contributed by atoms with van der Waals surface area (Å²) in [5.41, 5.74) is 2.61. The Morgan fingerprint density at radius 2 is 1.72 bits per heavy atom. The Morgan fingerprint density at radius 3 is 2.44 bits per heavy atom. The predicted molar refractivity (Wildman–Crippen MR) is 97.3 cm³/mol. The van der Waals surface area contributed by atoms with Crippen LogP contribution in [0.1, 0.15) is 16.1 Å². The second-order valence-electron chi connectivity index (χ2n) is 6.15. The van der Waals surface area contributed by atoms with Crippen molar-refractivity contribution in [2.45, 2.75) is 6.92 Å². The molecule has 0 aliphatic carbocycles. The molecule has 2 aromatic heterocycles. The molecule has 1 fully saturated rings. The van der Waals surface area contributed by atoms with Crippen molar-refractivity contribution in [1.29, 1.82) is 0 Å². The second kappa shape index (κ2) is 6.37. The number of pyridine rings is 1. The van der Waals surface area contributed by atoms with Crippen LogP contribution < -0.4 is 4.90 Å².